The monoisotopic (exact) mass is 315 g/mol. The molecule has 21 heavy (non-hydrogen) atoms. The molecule has 0 spiro atoms. The molecule has 0 N–H and O–H groups in total. The molecule has 1 aliphatic rings. The molecule has 1 saturated heterocycles. The summed E-state index contributed by atoms with van der Waals surface area (Å²) >= 11 is 0. The quantitative estimate of drug-likeness (QED) is 0.842. The van der Waals surface area contributed by atoms with Crippen molar-refractivity contribution >= 4 is 10.0 Å². The Morgan fingerprint density at radius 2 is 1.95 bits per heavy atom. The van der Waals surface area contributed by atoms with Crippen molar-refractivity contribution in [1.82, 2.24) is 4.31 Å². The van der Waals surface area contributed by atoms with Crippen LogP contribution in [0.3, 0.4) is 0 Å². The molecule has 0 bridgehead atoms. The molecular formula is C14H21NO5S. The average Bonchev–Trinajstić information content (AvgIpc) is 2.45. The first-order valence-corrected chi connectivity index (χ1v) is 8.09. The minimum atomic E-state index is -3.66. The van der Waals surface area contributed by atoms with Gasteiger partial charge in [-0.15, -0.1) is 0 Å². The second-order valence-corrected chi connectivity index (χ2v) is 7.29. The van der Waals surface area contributed by atoms with E-state index in [-0.39, 0.29) is 10.6 Å². The molecule has 0 aromatic heterocycles. The average molecular weight is 315 g/mol. The zero-order chi connectivity index (χ0) is 15.7. The lowest BCUT2D eigenvalue weighted by atomic mass is 10.1. The van der Waals surface area contributed by atoms with Crippen LogP contribution in [0.15, 0.2) is 23.1 Å². The van der Waals surface area contributed by atoms with Gasteiger partial charge in [-0.2, -0.15) is 4.31 Å². The minimum Gasteiger partial charge on any atom is -0.497 e. The molecule has 1 fully saturated rings. The Kier molecular flexibility index (Phi) is 4.46. The van der Waals surface area contributed by atoms with Gasteiger partial charge in [-0.05, 0) is 26.0 Å². The summed E-state index contributed by atoms with van der Waals surface area (Å²) < 4.78 is 43.0. The predicted octanol–water partition coefficient (Wildman–Crippen LogP) is 1.50. The molecule has 0 saturated carbocycles. The number of ether oxygens (including phenoxy) is 3. The van der Waals surface area contributed by atoms with Crippen LogP contribution in [0, 0.1) is 0 Å². The fourth-order valence-electron chi connectivity index (χ4n) is 2.40. The Bertz CT molecular complexity index is 612. The highest BCUT2D eigenvalue weighted by molar-refractivity contribution is 7.89. The van der Waals surface area contributed by atoms with Crippen molar-refractivity contribution in [3.05, 3.63) is 18.2 Å². The van der Waals surface area contributed by atoms with Crippen molar-refractivity contribution in [1.29, 1.82) is 0 Å². The number of rotatable bonds is 4. The maximum absolute atomic E-state index is 12.9. The highest BCUT2D eigenvalue weighted by Gasteiger charge is 2.40. The van der Waals surface area contributed by atoms with E-state index in [4.69, 9.17) is 14.2 Å². The molecule has 0 unspecified atom stereocenters. The van der Waals surface area contributed by atoms with E-state index >= 15 is 0 Å². The summed E-state index contributed by atoms with van der Waals surface area (Å²) in [7, 11) is -0.700. The zero-order valence-electron chi connectivity index (χ0n) is 12.8. The van der Waals surface area contributed by atoms with E-state index < -0.39 is 15.6 Å². The Labute approximate surface area is 125 Å². The maximum atomic E-state index is 12.9. The molecule has 1 heterocycles. The van der Waals surface area contributed by atoms with Gasteiger partial charge >= 0.3 is 0 Å². The van der Waals surface area contributed by atoms with E-state index in [0.717, 1.165) is 0 Å². The van der Waals surface area contributed by atoms with Crippen molar-refractivity contribution in [3.63, 3.8) is 0 Å². The molecule has 1 aliphatic heterocycles. The summed E-state index contributed by atoms with van der Waals surface area (Å²) in [6, 6.07) is 4.70. The normalized spacial score (nSPS) is 19.2. The molecule has 7 heteroatoms. The number of sulfonamides is 1. The SMILES string of the molecule is COc1ccc(S(=O)(=O)N2CCOCC2(C)C)c(OC)c1. The summed E-state index contributed by atoms with van der Waals surface area (Å²) in [5.74, 6) is 0.823. The van der Waals surface area contributed by atoms with Crippen LogP contribution in [0.4, 0.5) is 0 Å². The molecule has 118 valence electrons. The summed E-state index contributed by atoms with van der Waals surface area (Å²) in [4.78, 5) is 0.140. The third kappa shape index (κ3) is 3.00. The standard InChI is InChI=1S/C14H21NO5S/c1-14(2)10-20-8-7-15(14)21(16,17)13-6-5-11(18-3)9-12(13)19-4/h5-6,9H,7-8,10H2,1-4H3. The first-order valence-electron chi connectivity index (χ1n) is 6.65. The van der Waals surface area contributed by atoms with Gasteiger partial charge in [-0.3, -0.25) is 0 Å². The van der Waals surface area contributed by atoms with E-state index in [2.05, 4.69) is 0 Å². The van der Waals surface area contributed by atoms with E-state index in [1.54, 1.807) is 12.1 Å². The Balaban J connectivity index is 2.48. The van der Waals surface area contributed by atoms with Crippen LogP contribution in [0.1, 0.15) is 13.8 Å². The highest BCUT2D eigenvalue weighted by atomic mass is 32.2. The van der Waals surface area contributed by atoms with E-state index in [9.17, 15) is 8.42 Å². The van der Waals surface area contributed by atoms with Crippen LogP contribution in [0.2, 0.25) is 0 Å². The van der Waals surface area contributed by atoms with Gasteiger partial charge in [0.25, 0.3) is 0 Å². The Hall–Kier alpha value is -1.31. The molecule has 1 aromatic carbocycles. The summed E-state index contributed by atoms with van der Waals surface area (Å²) in [6.45, 7) is 4.77. The predicted molar refractivity (Wildman–Crippen MR) is 78.3 cm³/mol. The number of benzene rings is 1. The number of methoxy groups -OCH3 is 2. The lowest BCUT2D eigenvalue weighted by molar-refractivity contribution is -0.00776. The van der Waals surface area contributed by atoms with Gasteiger partial charge < -0.3 is 14.2 Å². The second kappa shape index (κ2) is 5.82. The molecule has 0 radical (unpaired) electrons. The van der Waals surface area contributed by atoms with Crippen LogP contribution in [0.25, 0.3) is 0 Å². The third-order valence-corrected chi connectivity index (χ3v) is 5.66. The fourth-order valence-corrected chi connectivity index (χ4v) is 4.29. The lowest BCUT2D eigenvalue weighted by Gasteiger charge is -2.40. The van der Waals surface area contributed by atoms with Crippen molar-refractivity contribution in [2.24, 2.45) is 0 Å². The van der Waals surface area contributed by atoms with Crippen LogP contribution in [-0.4, -0.2) is 52.2 Å². The fraction of sp³-hybridized carbons (Fsp3) is 0.571. The van der Waals surface area contributed by atoms with Crippen molar-refractivity contribution in [3.8, 4) is 11.5 Å². The molecule has 0 aliphatic carbocycles. The van der Waals surface area contributed by atoms with Crippen molar-refractivity contribution < 1.29 is 22.6 Å². The largest absolute Gasteiger partial charge is 0.497 e. The van der Waals surface area contributed by atoms with Gasteiger partial charge in [0.05, 0.1) is 33.0 Å². The third-order valence-electron chi connectivity index (χ3n) is 3.51. The second-order valence-electron chi connectivity index (χ2n) is 5.46. The summed E-state index contributed by atoms with van der Waals surface area (Å²) in [6.07, 6.45) is 0. The maximum Gasteiger partial charge on any atom is 0.247 e. The first-order chi connectivity index (χ1) is 9.82. The van der Waals surface area contributed by atoms with Crippen molar-refractivity contribution in [2.75, 3.05) is 34.0 Å². The van der Waals surface area contributed by atoms with Gasteiger partial charge in [0.15, 0.2) is 0 Å². The zero-order valence-corrected chi connectivity index (χ0v) is 13.6. The van der Waals surface area contributed by atoms with E-state index in [0.29, 0.717) is 25.5 Å². The van der Waals surface area contributed by atoms with Crippen LogP contribution in [0.5, 0.6) is 11.5 Å². The van der Waals surface area contributed by atoms with Crippen molar-refractivity contribution in [2.45, 2.75) is 24.3 Å². The van der Waals surface area contributed by atoms with Crippen LogP contribution >= 0.6 is 0 Å². The molecule has 2 rings (SSSR count). The number of morpholine rings is 1. The smallest absolute Gasteiger partial charge is 0.247 e. The molecule has 6 nitrogen and oxygen atoms in total. The number of hydrogen-bond donors (Lipinski definition) is 0. The lowest BCUT2D eigenvalue weighted by Crippen LogP contribution is -2.55. The van der Waals surface area contributed by atoms with Crippen LogP contribution in [-0.2, 0) is 14.8 Å². The van der Waals surface area contributed by atoms with E-state index in [1.165, 1.54) is 24.6 Å². The summed E-state index contributed by atoms with van der Waals surface area (Å²) in [5, 5.41) is 0. The van der Waals surface area contributed by atoms with Gasteiger partial charge in [0, 0.05) is 12.6 Å². The first kappa shape index (κ1) is 16.1. The van der Waals surface area contributed by atoms with E-state index in [1.807, 2.05) is 13.8 Å². The number of nitrogens with zero attached hydrogens (tertiary/aromatic N) is 1. The topological polar surface area (TPSA) is 65.1 Å². The summed E-state index contributed by atoms with van der Waals surface area (Å²) in [5.41, 5.74) is -0.595. The van der Waals surface area contributed by atoms with Gasteiger partial charge in [-0.25, -0.2) is 8.42 Å². The van der Waals surface area contributed by atoms with Crippen LogP contribution < -0.4 is 9.47 Å². The molecule has 0 atom stereocenters. The Morgan fingerprint density at radius 1 is 1.24 bits per heavy atom. The minimum absolute atomic E-state index is 0.140. The number of hydrogen-bond acceptors (Lipinski definition) is 5. The molecule has 1 aromatic rings. The highest BCUT2D eigenvalue weighted by Crippen LogP contribution is 2.34. The van der Waals surface area contributed by atoms with Gasteiger partial charge in [0.2, 0.25) is 10.0 Å². The van der Waals surface area contributed by atoms with Gasteiger partial charge in [-0.1, -0.05) is 0 Å². The van der Waals surface area contributed by atoms with Gasteiger partial charge in [0.1, 0.15) is 16.4 Å². The molecule has 0 amide bonds. The molecular weight excluding hydrogens is 294 g/mol. The Morgan fingerprint density at radius 3 is 2.52 bits per heavy atom.